The molecular formula is C73H122N2O6P+. The summed E-state index contributed by atoms with van der Waals surface area (Å²) in [5, 5.41) is 13.9. The van der Waals surface area contributed by atoms with Crippen LogP contribution >= 0.6 is 7.82 Å². The summed E-state index contributed by atoms with van der Waals surface area (Å²) >= 11 is 0. The number of carbonyl (C=O) groups is 1. The number of amides is 1. The van der Waals surface area contributed by atoms with E-state index in [-0.39, 0.29) is 19.1 Å². The van der Waals surface area contributed by atoms with Gasteiger partial charge in [-0.2, -0.15) is 0 Å². The summed E-state index contributed by atoms with van der Waals surface area (Å²) in [7, 11) is 1.50. The Balaban J connectivity index is 4.33. The number of unbranched alkanes of at least 4 members (excludes halogenated alkanes) is 18. The fourth-order valence-electron chi connectivity index (χ4n) is 8.37. The Morgan fingerprint density at radius 2 is 0.744 bits per heavy atom. The van der Waals surface area contributed by atoms with E-state index < -0.39 is 20.0 Å². The molecule has 3 atom stereocenters. The average molecular weight is 1150 g/mol. The lowest BCUT2D eigenvalue weighted by Crippen LogP contribution is -2.45. The Morgan fingerprint density at radius 1 is 0.427 bits per heavy atom. The second-order valence-electron chi connectivity index (χ2n) is 22.4. The number of likely N-dealkylation sites (N-methyl/N-ethyl adjacent to an activating group) is 1. The molecule has 0 spiro atoms. The third kappa shape index (κ3) is 63.4. The van der Waals surface area contributed by atoms with Gasteiger partial charge in [-0.25, -0.2) is 4.57 Å². The molecule has 3 N–H and O–H groups in total. The molecule has 3 unspecified atom stereocenters. The molecular weight excluding hydrogens is 1030 g/mol. The number of phosphoric acid groups is 1. The predicted octanol–water partition coefficient (Wildman–Crippen LogP) is 20.8. The minimum absolute atomic E-state index is 0.0371. The van der Waals surface area contributed by atoms with Crippen LogP contribution in [0.1, 0.15) is 232 Å². The van der Waals surface area contributed by atoms with Gasteiger partial charge in [0.05, 0.1) is 39.9 Å². The Morgan fingerprint density at radius 3 is 1.12 bits per heavy atom. The first-order valence-electron chi connectivity index (χ1n) is 32.5. The van der Waals surface area contributed by atoms with E-state index >= 15 is 0 Å². The second-order valence-corrected chi connectivity index (χ2v) is 23.8. The molecule has 0 saturated heterocycles. The number of nitrogens with zero attached hydrogens (tertiary/aromatic N) is 1. The van der Waals surface area contributed by atoms with E-state index in [1.807, 2.05) is 27.2 Å². The number of hydrogen-bond donors (Lipinski definition) is 3. The molecule has 0 rings (SSSR count). The van der Waals surface area contributed by atoms with Gasteiger partial charge in [0, 0.05) is 6.42 Å². The molecule has 464 valence electrons. The first-order valence-corrected chi connectivity index (χ1v) is 34.0. The Kier molecular flexibility index (Phi) is 58.3. The van der Waals surface area contributed by atoms with Gasteiger partial charge in [-0.3, -0.25) is 13.8 Å². The molecule has 8 nitrogen and oxygen atoms in total. The number of rotatable bonds is 57. The first-order chi connectivity index (χ1) is 40.0. The topological polar surface area (TPSA) is 105 Å². The molecule has 0 aliphatic carbocycles. The highest BCUT2D eigenvalue weighted by Gasteiger charge is 2.27. The molecule has 0 fully saturated rings. The van der Waals surface area contributed by atoms with E-state index in [1.54, 1.807) is 6.08 Å². The second kappa shape index (κ2) is 61.4. The summed E-state index contributed by atoms with van der Waals surface area (Å²) in [5.41, 5.74) is 0. The van der Waals surface area contributed by atoms with E-state index in [9.17, 15) is 19.4 Å². The van der Waals surface area contributed by atoms with Gasteiger partial charge >= 0.3 is 7.82 Å². The minimum Gasteiger partial charge on any atom is -0.387 e. The first kappa shape index (κ1) is 77.9. The van der Waals surface area contributed by atoms with Crippen LogP contribution < -0.4 is 5.32 Å². The lowest BCUT2D eigenvalue weighted by atomic mass is 10.0. The number of aliphatic hydroxyl groups excluding tert-OH is 1. The molecule has 0 aliphatic rings. The van der Waals surface area contributed by atoms with Crippen molar-refractivity contribution in [1.82, 2.24) is 5.32 Å². The van der Waals surface area contributed by atoms with Crippen LogP contribution in [-0.2, 0) is 18.4 Å². The number of allylic oxidation sites excluding steroid dienone is 27. The van der Waals surface area contributed by atoms with E-state index in [4.69, 9.17) is 9.05 Å². The molecule has 0 saturated carbocycles. The van der Waals surface area contributed by atoms with Crippen molar-refractivity contribution in [3.63, 3.8) is 0 Å². The molecule has 0 aromatic heterocycles. The summed E-state index contributed by atoms with van der Waals surface area (Å²) in [6.45, 7) is 4.63. The highest BCUT2D eigenvalue weighted by Crippen LogP contribution is 2.43. The maximum Gasteiger partial charge on any atom is 0.472 e. The van der Waals surface area contributed by atoms with Gasteiger partial charge in [-0.05, 0) is 128 Å². The van der Waals surface area contributed by atoms with Crippen molar-refractivity contribution in [2.75, 3.05) is 40.9 Å². The number of carbonyl (C=O) groups excluding carboxylic acids is 1. The van der Waals surface area contributed by atoms with Gasteiger partial charge in [-0.1, -0.05) is 267 Å². The minimum atomic E-state index is -4.39. The monoisotopic (exact) mass is 1150 g/mol. The standard InChI is InChI=1S/C73H121N2O6P/c1-6-8-10-12-14-16-18-20-22-24-26-28-30-31-32-33-34-35-36-37-38-39-40-41-42-43-45-47-49-51-53-55-57-59-61-63-65-67-73(77)74-71(70-81-82(78,79)80-69-68-75(3,4)5)72(76)66-64-62-60-58-56-54-52-50-48-46-44-29-27-25-23-21-19-17-15-13-11-9-7-2/h8,10,14,16,20,22,26,28,31-32,34-35,37-38,40-41,43,45,48-51,55-58,64,66,71-72,76H,6-7,9,11-13,15,17-19,21,23-25,27,29-30,33,36,39,42,44,46-47,52-54,59-63,65,67-70H2,1-5H3,(H-,74,77,78,79)/p+1/b10-8-,16-14-,22-20-,28-26-,32-31-,35-34-,38-37-,41-40-,45-43-,50-48+,51-49-,57-55-,58-56+,66-64+. The van der Waals surface area contributed by atoms with Gasteiger partial charge in [0.2, 0.25) is 5.91 Å². The maximum atomic E-state index is 13.0. The summed E-state index contributed by atoms with van der Waals surface area (Å²) in [4.78, 5) is 23.3. The molecule has 0 bridgehead atoms. The zero-order chi connectivity index (χ0) is 59.8. The van der Waals surface area contributed by atoms with Crippen molar-refractivity contribution in [3.05, 3.63) is 170 Å². The zero-order valence-corrected chi connectivity index (χ0v) is 53.8. The molecule has 9 heteroatoms. The van der Waals surface area contributed by atoms with Gasteiger partial charge < -0.3 is 19.8 Å². The highest BCUT2D eigenvalue weighted by atomic mass is 31.2. The molecule has 82 heavy (non-hydrogen) atoms. The van der Waals surface area contributed by atoms with Crippen molar-refractivity contribution in [1.29, 1.82) is 0 Å². The maximum absolute atomic E-state index is 13.0. The van der Waals surface area contributed by atoms with Crippen LogP contribution in [0.4, 0.5) is 0 Å². The van der Waals surface area contributed by atoms with E-state index in [0.717, 1.165) is 116 Å². The zero-order valence-electron chi connectivity index (χ0n) is 52.9. The Bertz CT molecular complexity index is 1940. The van der Waals surface area contributed by atoms with Gasteiger partial charge in [-0.15, -0.1) is 0 Å². The van der Waals surface area contributed by atoms with Gasteiger partial charge in [0.25, 0.3) is 0 Å². The van der Waals surface area contributed by atoms with Crippen molar-refractivity contribution < 1.29 is 32.9 Å². The van der Waals surface area contributed by atoms with E-state index in [1.165, 1.54) is 89.9 Å². The van der Waals surface area contributed by atoms with Crippen LogP contribution in [0, 0.1) is 0 Å². The predicted molar refractivity (Wildman–Crippen MR) is 359 cm³/mol. The summed E-state index contributed by atoms with van der Waals surface area (Å²) < 4.78 is 23.7. The molecule has 0 aromatic rings. The smallest absolute Gasteiger partial charge is 0.387 e. The molecule has 0 radical (unpaired) electrons. The fourth-order valence-corrected chi connectivity index (χ4v) is 9.11. The fraction of sp³-hybridized carbons (Fsp3) is 0.603. The average Bonchev–Trinajstić information content (AvgIpc) is 3.47. The van der Waals surface area contributed by atoms with Crippen LogP contribution in [0.2, 0.25) is 0 Å². The van der Waals surface area contributed by atoms with Crippen LogP contribution in [-0.4, -0.2) is 73.4 Å². The number of nitrogens with one attached hydrogen (secondary N) is 1. The molecule has 0 aliphatic heterocycles. The Hall–Kier alpha value is -4.14. The lowest BCUT2D eigenvalue weighted by molar-refractivity contribution is -0.870. The Labute approximate surface area is 504 Å². The number of phosphoric ester groups is 1. The van der Waals surface area contributed by atoms with Crippen LogP contribution in [0.3, 0.4) is 0 Å². The lowest BCUT2D eigenvalue weighted by Gasteiger charge is -2.25. The summed E-state index contributed by atoms with van der Waals surface area (Å²) in [5.74, 6) is -0.229. The number of aliphatic hydroxyl groups is 1. The van der Waals surface area contributed by atoms with Crippen molar-refractivity contribution in [2.45, 2.75) is 244 Å². The highest BCUT2D eigenvalue weighted by molar-refractivity contribution is 7.47. The normalized spacial score (nSPS) is 14.9. The largest absolute Gasteiger partial charge is 0.472 e. The van der Waals surface area contributed by atoms with Gasteiger partial charge in [0.15, 0.2) is 0 Å². The van der Waals surface area contributed by atoms with Crippen molar-refractivity contribution in [3.8, 4) is 0 Å². The van der Waals surface area contributed by atoms with E-state index in [0.29, 0.717) is 23.9 Å². The van der Waals surface area contributed by atoms with Gasteiger partial charge in [0.1, 0.15) is 13.2 Å². The summed E-state index contributed by atoms with van der Waals surface area (Å²) in [6.07, 6.45) is 97.7. The third-order valence-electron chi connectivity index (χ3n) is 13.4. The molecule has 0 heterocycles. The molecule has 0 aromatic carbocycles. The SMILES string of the molecule is CC/C=C\C/C=C\C/C=C\C/C=C\C/C=C\C/C=C\C/C=C\C/C=C\C/C=C\C/C=C\C/C=C\CCCCCC(=O)NC(COP(=O)(O)OCC[N+](C)(C)C)C(O)/C=C/CC/C=C/CC/C=C/CCCCCCCCCCCCCCC. The van der Waals surface area contributed by atoms with Crippen molar-refractivity contribution >= 4 is 13.7 Å². The van der Waals surface area contributed by atoms with Crippen LogP contribution in [0.5, 0.6) is 0 Å². The number of quaternary nitrogens is 1. The van der Waals surface area contributed by atoms with E-state index in [2.05, 4.69) is 177 Å². The van der Waals surface area contributed by atoms with Crippen LogP contribution in [0.15, 0.2) is 170 Å². The third-order valence-corrected chi connectivity index (χ3v) is 14.4. The molecule has 1 amide bonds. The summed E-state index contributed by atoms with van der Waals surface area (Å²) in [6, 6.07) is -0.903. The number of hydrogen-bond acceptors (Lipinski definition) is 5. The quantitative estimate of drug-likeness (QED) is 0.0243. The van der Waals surface area contributed by atoms with Crippen molar-refractivity contribution in [2.24, 2.45) is 0 Å². The van der Waals surface area contributed by atoms with Crippen LogP contribution in [0.25, 0.3) is 0 Å².